The van der Waals surface area contributed by atoms with Crippen LogP contribution in [-0.4, -0.2) is 74.4 Å². The molecule has 0 spiro atoms. The Balaban J connectivity index is 2.25. The molecule has 7 nitrogen and oxygen atoms in total. The summed E-state index contributed by atoms with van der Waals surface area (Å²) in [7, 11) is 1.65. The van der Waals surface area contributed by atoms with Crippen molar-refractivity contribution >= 4 is 11.9 Å². The number of amides is 1. The first-order valence-electron chi connectivity index (χ1n) is 7.55. The van der Waals surface area contributed by atoms with Gasteiger partial charge < -0.3 is 20.5 Å². The third kappa shape index (κ3) is 8.64. The maximum absolute atomic E-state index is 11.9. The average molecular weight is 301 g/mol. The smallest absolute Gasteiger partial charge is 0.303 e. The van der Waals surface area contributed by atoms with E-state index in [1.165, 1.54) is 6.42 Å². The first-order valence-corrected chi connectivity index (χ1v) is 7.55. The SMILES string of the molecule is COCCN(CC(=O)NCCCC(=O)O)CC1CCCN1. The van der Waals surface area contributed by atoms with Crippen molar-refractivity contribution in [2.45, 2.75) is 31.7 Å². The number of carbonyl (C=O) groups excluding carboxylic acids is 1. The topological polar surface area (TPSA) is 90.9 Å². The van der Waals surface area contributed by atoms with Crippen LogP contribution in [-0.2, 0) is 14.3 Å². The molecule has 7 heteroatoms. The Morgan fingerprint density at radius 3 is 2.90 bits per heavy atom. The molecule has 1 saturated heterocycles. The van der Waals surface area contributed by atoms with Gasteiger partial charge >= 0.3 is 5.97 Å². The van der Waals surface area contributed by atoms with Gasteiger partial charge in [0.15, 0.2) is 0 Å². The first kappa shape index (κ1) is 17.9. The van der Waals surface area contributed by atoms with Crippen molar-refractivity contribution in [1.29, 1.82) is 0 Å². The highest BCUT2D eigenvalue weighted by atomic mass is 16.5. The van der Waals surface area contributed by atoms with Gasteiger partial charge in [0.1, 0.15) is 0 Å². The molecule has 21 heavy (non-hydrogen) atoms. The van der Waals surface area contributed by atoms with E-state index in [-0.39, 0.29) is 12.3 Å². The molecule has 0 radical (unpaired) electrons. The van der Waals surface area contributed by atoms with Crippen molar-refractivity contribution in [3.05, 3.63) is 0 Å². The summed E-state index contributed by atoms with van der Waals surface area (Å²) in [5.41, 5.74) is 0. The van der Waals surface area contributed by atoms with Gasteiger partial charge in [-0.25, -0.2) is 0 Å². The van der Waals surface area contributed by atoms with Crippen LogP contribution >= 0.6 is 0 Å². The van der Waals surface area contributed by atoms with Crippen molar-refractivity contribution in [1.82, 2.24) is 15.5 Å². The Hall–Kier alpha value is -1.18. The molecule has 1 unspecified atom stereocenters. The minimum atomic E-state index is -0.835. The van der Waals surface area contributed by atoms with Gasteiger partial charge in [-0.2, -0.15) is 0 Å². The van der Waals surface area contributed by atoms with Crippen molar-refractivity contribution < 1.29 is 19.4 Å². The maximum atomic E-state index is 11.9. The van der Waals surface area contributed by atoms with Crippen LogP contribution in [0.1, 0.15) is 25.7 Å². The van der Waals surface area contributed by atoms with E-state index in [1.54, 1.807) is 7.11 Å². The van der Waals surface area contributed by atoms with Gasteiger partial charge in [0.05, 0.1) is 13.2 Å². The van der Waals surface area contributed by atoms with Crippen molar-refractivity contribution in [3.8, 4) is 0 Å². The second kappa shape index (κ2) is 10.5. The molecule has 0 saturated carbocycles. The lowest BCUT2D eigenvalue weighted by molar-refractivity contribution is -0.137. The largest absolute Gasteiger partial charge is 0.481 e. The van der Waals surface area contributed by atoms with Gasteiger partial charge in [0.25, 0.3) is 0 Å². The monoisotopic (exact) mass is 301 g/mol. The number of ether oxygens (including phenoxy) is 1. The molecule has 0 aliphatic carbocycles. The summed E-state index contributed by atoms with van der Waals surface area (Å²) < 4.78 is 5.08. The number of carboxylic acid groups (broad SMARTS) is 1. The molecule has 0 aromatic heterocycles. The van der Waals surface area contributed by atoms with Gasteiger partial charge in [0, 0.05) is 39.2 Å². The Morgan fingerprint density at radius 2 is 2.29 bits per heavy atom. The number of nitrogens with one attached hydrogen (secondary N) is 2. The number of carboxylic acids is 1. The highest BCUT2D eigenvalue weighted by Crippen LogP contribution is 2.06. The second-order valence-corrected chi connectivity index (χ2v) is 5.37. The van der Waals surface area contributed by atoms with E-state index in [1.807, 2.05) is 0 Å². The molecule has 1 fully saturated rings. The number of methoxy groups -OCH3 is 1. The molecular formula is C14H27N3O4. The Kier molecular flexibility index (Phi) is 8.96. The Labute approximate surface area is 126 Å². The lowest BCUT2D eigenvalue weighted by atomic mass is 10.2. The van der Waals surface area contributed by atoms with Crippen LogP contribution < -0.4 is 10.6 Å². The molecule has 1 rings (SSSR count). The molecular weight excluding hydrogens is 274 g/mol. The number of rotatable bonds is 11. The molecule has 1 heterocycles. The second-order valence-electron chi connectivity index (χ2n) is 5.37. The van der Waals surface area contributed by atoms with Gasteiger partial charge in [0.2, 0.25) is 5.91 Å². The van der Waals surface area contributed by atoms with E-state index in [0.29, 0.717) is 32.2 Å². The molecule has 3 N–H and O–H groups in total. The van der Waals surface area contributed by atoms with Crippen LogP contribution in [0.3, 0.4) is 0 Å². The number of nitrogens with zero attached hydrogens (tertiary/aromatic N) is 1. The van der Waals surface area contributed by atoms with Crippen LogP contribution in [0.15, 0.2) is 0 Å². The van der Waals surface area contributed by atoms with Crippen molar-refractivity contribution in [3.63, 3.8) is 0 Å². The predicted molar refractivity (Wildman–Crippen MR) is 79.2 cm³/mol. The summed E-state index contributed by atoms with van der Waals surface area (Å²) in [6, 6.07) is 0.446. The molecule has 122 valence electrons. The lowest BCUT2D eigenvalue weighted by Gasteiger charge is -2.24. The summed E-state index contributed by atoms with van der Waals surface area (Å²) >= 11 is 0. The zero-order valence-corrected chi connectivity index (χ0v) is 12.8. The fourth-order valence-electron chi connectivity index (χ4n) is 2.41. The van der Waals surface area contributed by atoms with Crippen LogP contribution in [0.4, 0.5) is 0 Å². The number of hydrogen-bond donors (Lipinski definition) is 3. The summed E-state index contributed by atoms with van der Waals surface area (Å²) in [4.78, 5) is 24.3. The molecule has 0 bridgehead atoms. The number of hydrogen-bond acceptors (Lipinski definition) is 5. The van der Waals surface area contributed by atoms with Crippen molar-refractivity contribution in [2.75, 3.05) is 46.4 Å². The lowest BCUT2D eigenvalue weighted by Crippen LogP contribution is -2.44. The van der Waals surface area contributed by atoms with Gasteiger partial charge in [-0.1, -0.05) is 0 Å². The van der Waals surface area contributed by atoms with E-state index in [4.69, 9.17) is 9.84 Å². The van der Waals surface area contributed by atoms with E-state index in [9.17, 15) is 9.59 Å². The zero-order valence-electron chi connectivity index (χ0n) is 12.8. The van der Waals surface area contributed by atoms with Crippen LogP contribution in [0.25, 0.3) is 0 Å². The standard InChI is InChI=1S/C14H27N3O4/c1-21-9-8-17(10-12-4-2-6-15-12)11-13(18)16-7-3-5-14(19)20/h12,15H,2-11H2,1H3,(H,16,18)(H,19,20). The molecule has 1 aliphatic rings. The fraction of sp³-hybridized carbons (Fsp3) is 0.857. The Morgan fingerprint density at radius 1 is 1.48 bits per heavy atom. The highest BCUT2D eigenvalue weighted by molar-refractivity contribution is 5.78. The summed E-state index contributed by atoms with van der Waals surface area (Å²) in [5.74, 6) is -0.896. The highest BCUT2D eigenvalue weighted by Gasteiger charge is 2.19. The maximum Gasteiger partial charge on any atom is 0.303 e. The fourth-order valence-corrected chi connectivity index (χ4v) is 2.41. The van der Waals surface area contributed by atoms with Crippen LogP contribution in [0.2, 0.25) is 0 Å². The summed E-state index contributed by atoms with van der Waals surface area (Å²) in [5, 5.41) is 14.7. The number of carbonyl (C=O) groups is 2. The van der Waals surface area contributed by atoms with Gasteiger partial charge in [-0.3, -0.25) is 14.5 Å². The normalized spacial score (nSPS) is 18.1. The van der Waals surface area contributed by atoms with E-state index in [0.717, 1.165) is 26.1 Å². The van der Waals surface area contributed by atoms with Gasteiger partial charge in [-0.05, 0) is 25.8 Å². The molecule has 1 amide bonds. The van der Waals surface area contributed by atoms with Gasteiger partial charge in [-0.15, -0.1) is 0 Å². The minimum absolute atomic E-state index is 0.0607. The van der Waals surface area contributed by atoms with Crippen LogP contribution in [0.5, 0.6) is 0 Å². The number of aliphatic carboxylic acids is 1. The zero-order chi connectivity index (χ0) is 15.5. The van der Waals surface area contributed by atoms with E-state index in [2.05, 4.69) is 15.5 Å². The van der Waals surface area contributed by atoms with E-state index < -0.39 is 5.97 Å². The molecule has 0 aromatic carbocycles. The third-order valence-corrected chi connectivity index (χ3v) is 3.51. The average Bonchev–Trinajstić information content (AvgIpc) is 2.93. The summed E-state index contributed by atoms with van der Waals surface area (Å²) in [6.45, 7) is 3.94. The Bertz CT molecular complexity index is 319. The minimum Gasteiger partial charge on any atom is -0.481 e. The first-order chi connectivity index (χ1) is 10.1. The third-order valence-electron chi connectivity index (χ3n) is 3.51. The molecule has 1 aliphatic heterocycles. The quantitative estimate of drug-likeness (QED) is 0.453. The van der Waals surface area contributed by atoms with Crippen molar-refractivity contribution in [2.24, 2.45) is 0 Å². The van der Waals surface area contributed by atoms with Crippen LogP contribution in [0, 0.1) is 0 Å². The molecule has 1 atom stereocenters. The summed E-state index contributed by atoms with van der Waals surface area (Å²) in [6.07, 6.45) is 2.87. The van der Waals surface area contributed by atoms with E-state index >= 15 is 0 Å². The molecule has 0 aromatic rings. The predicted octanol–water partition coefficient (Wildman–Crippen LogP) is -0.332.